The van der Waals surface area contributed by atoms with Crippen LogP contribution in [0.5, 0.6) is 0 Å². The molecule has 21 heavy (non-hydrogen) atoms. The number of hydrogen-bond acceptors (Lipinski definition) is 4. The third-order valence-electron chi connectivity index (χ3n) is 3.64. The number of carbonyl (C=O) groups excluding carboxylic acids is 1. The molecule has 1 aliphatic rings. The van der Waals surface area contributed by atoms with Gasteiger partial charge in [0.05, 0.1) is 11.6 Å². The second-order valence-corrected chi connectivity index (χ2v) is 5.53. The quantitative estimate of drug-likeness (QED) is 0.804. The molecular formula is C15H16N2O3S. The van der Waals surface area contributed by atoms with Gasteiger partial charge in [-0.2, -0.15) is 17.9 Å². The molecule has 1 aliphatic heterocycles. The lowest BCUT2D eigenvalue weighted by Crippen LogP contribution is -2.43. The van der Waals surface area contributed by atoms with E-state index >= 15 is 0 Å². The molecule has 0 aromatic heterocycles. The smallest absolute Gasteiger partial charge is 0.326 e. The summed E-state index contributed by atoms with van der Waals surface area (Å²) < 4.78 is 0. The van der Waals surface area contributed by atoms with Gasteiger partial charge in [0.15, 0.2) is 0 Å². The monoisotopic (exact) mass is 304 g/mol. The van der Waals surface area contributed by atoms with Gasteiger partial charge in [0.1, 0.15) is 6.04 Å². The van der Waals surface area contributed by atoms with Crippen LogP contribution in [0.1, 0.15) is 17.5 Å². The van der Waals surface area contributed by atoms with Crippen LogP contribution in [0, 0.1) is 17.2 Å². The van der Waals surface area contributed by atoms with Gasteiger partial charge < -0.3 is 10.0 Å². The van der Waals surface area contributed by atoms with E-state index in [1.54, 1.807) is 24.3 Å². The highest BCUT2D eigenvalue weighted by Crippen LogP contribution is 2.23. The molecule has 1 fully saturated rings. The number of amides is 1. The molecule has 6 heteroatoms. The van der Waals surface area contributed by atoms with Crippen LogP contribution >= 0.6 is 12.6 Å². The molecule has 0 aliphatic carbocycles. The van der Waals surface area contributed by atoms with Crippen molar-refractivity contribution in [1.29, 1.82) is 5.26 Å². The van der Waals surface area contributed by atoms with E-state index in [0.717, 1.165) is 5.56 Å². The zero-order valence-corrected chi connectivity index (χ0v) is 12.3. The molecule has 0 radical (unpaired) electrons. The van der Waals surface area contributed by atoms with E-state index in [-0.39, 0.29) is 18.2 Å². The third kappa shape index (κ3) is 3.56. The topological polar surface area (TPSA) is 81.4 Å². The van der Waals surface area contributed by atoms with Crippen LogP contribution < -0.4 is 0 Å². The number of carbonyl (C=O) groups is 2. The molecule has 110 valence electrons. The molecular weight excluding hydrogens is 288 g/mol. The van der Waals surface area contributed by atoms with Crippen LogP contribution in [0.2, 0.25) is 0 Å². The number of thiol groups is 1. The predicted molar refractivity (Wildman–Crippen MR) is 80.0 cm³/mol. The van der Waals surface area contributed by atoms with Crippen molar-refractivity contribution in [3.05, 3.63) is 35.4 Å². The van der Waals surface area contributed by atoms with Gasteiger partial charge in [0.2, 0.25) is 5.91 Å². The van der Waals surface area contributed by atoms with Crippen LogP contribution in [-0.2, 0) is 16.0 Å². The Balaban J connectivity index is 2.18. The molecule has 0 saturated carbocycles. The summed E-state index contributed by atoms with van der Waals surface area (Å²) in [6, 6.07) is 7.95. The van der Waals surface area contributed by atoms with Crippen molar-refractivity contribution < 1.29 is 14.7 Å². The number of nitrogens with zero attached hydrogens (tertiary/aromatic N) is 2. The number of hydrogen-bond donors (Lipinski definition) is 2. The molecule has 2 rings (SSSR count). The molecule has 5 nitrogen and oxygen atoms in total. The van der Waals surface area contributed by atoms with E-state index in [1.165, 1.54) is 4.90 Å². The summed E-state index contributed by atoms with van der Waals surface area (Å²) in [7, 11) is 0. The van der Waals surface area contributed by atoms with Gasteiger partial charge in [0, 0.05) is 19.4 Å². The zero-order chi connectivity index (χ0) is 15.4. The van der Waals surface area contributed by atoms with Gasteiger partial charge in [-0.05, 0) is 29.4 Å². The molecule has 1 heterocycles. The van der Waals surface area contributed by atoms with Crippen molar-refractivity contribution in [3.8, 4) is 6.07 Å². The zero-order valence-electron chi connectivity index (χ0n) is 11.4. The minimum atomic E-state index is -1.02. The first-order valence-electron chi connectivity index (χ1n) is 6.67. The van der Waals surface area contributed by atoms with Crippen LogP contribution in [0.4, 0.5) is 0 Å². The summed E-state index contributed by atoms with van der Waals surface area (Å²) in [5.74, 6) is -0.491. The van der Waals surface area contributed by atoms with Gasteiger partial charge in [-0.25, -0.2) is 4.79 Å². The Bertz CT molecular complexity index is 597. The fourth-order valence-electron chi connectivity index (χ4n) is 2.55. The van der Waals surface area contributed by atoms with Crippen molar-refractivity contribution in [1.82, 2.24) is 4.90 Å². The van der Waals surface area contributed by atoms with Gasteiger partial charge in [-0.3, -0.25) is 4.79 Å². The first-order valence-corrected chi connectivity index (χ1v) is 7.30. The maximum Gasteiger partial charge on any atom is 0.326 e. The Kier molecular flexibility index (Phi) is 4.86. The van der Waals surface area contributed by atoms with E-state index in [0.29, 0.717) is 24.3 Å². The van der Waals surface area contributed by atoms with E-state index in [9.17, 15) is 14.7 Å². The summed E-state index contributed by atoms with van der Waals surface area (Å²) in [6.45, 7) is 0.428. The largest absolute Gasteiger partial charge is 0.480 e. The van der Waals surface area contributed by atoms with Gasteiger partial charge in [-0.15, -0.1) is 0 Å². The van der Waals surface area contributed by atoms with Crippen molar-refractivity contribution >= 4 is 24.5 Å². The van der Waals surface area contributed by atoms with E-state index in [4.69, 9.17) is 5.26 Å². The number of carboxylic acids is 1. The molecule has 0 bridgehead atoms. The number of nitriles is 1. The predicted octanol–water partition coefficient (Wildman–Crippen LogP) is 1.33. The Hall–Kier alpha value is -2.00. The van der Waals surface area contributed by atoms with E-state index in [2.05, 4.69) is 12.6 Å². The van der Waals surface area contributed by atoms with Crippen LogP contribution in [0.3, 0.4) is 0 Å². The third-order valence-corrected chi connectivity index (χ3v) is 4.16. The normalized spacial score (nSPS) is 19.3. The summed E-state index contributed by atoms with van der Waals surface area (Å²) in [4.78, 5) is 24.9. The van der Waals surface area contributed by atoms with Crippen LogP contribution in [0.25, 0.3) is 0 Å². The Morgan fingerprint density at radius 3 is 2.90 bits per heavy atom. The summed E-state index contributed by atoms with van der Waals surface area (Å²) in [5, 5.41) is 18.3. The van der Waals surface area contributed by atoms with Crippen LogP contribution in [0.15, 0.2) is 24.3 Å². The molecule has 2 atom stereocenters. The molecule has 1 N–H and O–H groups in total. The minimum Gasteiger partial charge on any atom is -0.480 e. The number of benzene rings is 1. The number of rotatable bonds is 5. The highest BCUT2D eigenvalue weighted by molar-refractivity contribution is 7.80. The molecule has 1 unspecified atom stereocenters. The van der Waals surface area contributed by atoms with Crippen LogP contribution in [-0.4, -0.2) is 40.2 Å². The second-order valence-electron chi connectivity index (χ2n) is 5.17. The fraction of sp³-hybridized carbons (Fsp3) is 0.400. The maximum atomic E-state index is 12.0. The lowest BCUT2D eigenvalue weighted by molar-refractivity contribution is -0.148. The Labute approximate surface area is 128 Å². The average molecular weight is 304 g/mol. The van der Waals surface area contributed by atoms with Crippen molar-refractivity contribution in [3.63, 3.8) is 0 Å². The van der Waals surface area contributed by atoms with Gasteiger partial charge in [-0.1, -0.05) is 12.1 Å². The first kappa shape index (κ1) is 15.4. The highest BCUT2D eigenvalue weighted by Gasteiger charge is 2.37. The van der Waals surface area contributed by atoms with E-state index < -0.39 is 12.0 Å². The van der Waals surface area contributed by atoms with E-state index in [1.807, 2.05) is 6.07 Å². The van der Waals surface area contributed by atoms with Gasteiger partial charge >= 0.3 is 5.97 Å². The number of likely N-dealkylation sites (tertiary alicyclic amines) is 1. The molecule has 1 aromatic carbocycles. The molecule has 1 amide bonds. The molecule has 1 aromatic rings. The lowest BCUT2D eigenvalue weighted by atomic mass is 10.0. The number of carboxylic acid groups (broad SMARTS) is 1. The van der Waals surface area contributed by atoms with Crippen molar-refractivity contribution in [2.24, 2.45) is 5.92 Å². The SMILES string of the molecule is N#Cc1cccc(C[C@@H](C(=O)O)N2CC(CS)CC2=O)c1. The summed E-state index contributed by atoms with van der Waals surface area (Å²) >= 11 is 4.18. The maximum absolute atomic E-state index is 12.0. The Morgan fingerprint density at radius 1 is 1.57 bits per heavy atom. The standard InChI is InChI=1S/C15H16N2O3S/c16-7-11-3-1-2-10(4-11)5-13(15(19)20)17-8-12(9-21)6-14(17)18/h1-4,12-13,21H,5-6,8-9H2,(H,19,20)/t12?,13-/m0/s1. The summed E-state index contributed by atoms with van der Waals surface area (Å²) in [5.41, 5.74) is 1.22. The lowest BCUT2D eigenvalue weighted by Gasteiger charge is -2.24. The van der Waals surface area contributed by atoms with Crippen molar-refractivity contribution in [2.75, 3.05) is 12.3 Å². The minimum absolute atomic E-state index is 0.105. The first-order chi connectivity index (χ1) is 10.0. The number of aliphatic carboxylic acids is 1. The molecule has 0 spiro atoms. The average Bonchev–Trinajstić information content (AvgIpc) is 2.85. The van der Waals surface area contributed by atoms with Gasteiger partial charge in [0.25, 0.3) is 0 Å². The highest BCUT2D eigenvalue weighted by atomic mass is 32.1. The molecule has 1 saturated heterocycles. The fourth-order valence-corrected chi connectivity index (χ4v) is 2.80. The van der Waals surface area contributed by atoms with Crippen molar-refractivity contribution in [2.45, 2.75) is 18.9 Å². The Morgan fingerprint density at radius 2 is 2.33 bits per heavy atom. The summed E-state index contributed by atoms with van der Waals surface area (Å²) in [6.07, 6.45) is 0.557. The second kappa shape index (κ2) is 6.64.